The molecule has 4 heteroatoms. The Morgan fingerprint density at radius 2 is 2.13 bits per heavy atom. The summed E-state index contributed by atoms with van der Waals surface area (Å²) in [7, 11) is 0. The second-order valence-electron chi connectivity index (χ2n) is 4.20. The first-order valence-corrected chi connectivity index (χ1v) is 5.91. The largest absolute Gasteiger partial charge is 0.396 e. The Labute approximate surface area is 91.6 Å². The van der Waals surface area contributed by atoms with Crippen molar-refractivity contribution >= 4 is 6.03 Å². The van der Waals surface area contributed by atoms with Crippen molar-refractivity contribution in [3.63, 3.8) is 0 Å². The number of rotatable bonds is 4. The predicted molar refractivity (Wildman–Crippen MR) is 59.7 cm³/mol. The molecule has 0 aromatic carbocycles. The SMILES string of the molecule is CCCCNC(=O)N1CCC(CO)CC1. The number of carbonyl (C=O) groups excluding carboxylic acids is 1. The number of aliphatic hydroxyl groups excluding tert-OH is 1. The highest BCUT2D eigenvalue weighted by Crippen LogP contribution is 2.15. The summed E-state index contributed by atoms with van der Waals surface area (Å²) in [5.41, 5.74) is 0. The van der Waals surface area contributed by atoms with Gasteiger partial charge in [0.25, 0.3) is 0 Å². The number of nitrogens with zero attached hydrogens (tertiary/aromatic N) is 1. The van der Waals surface area contributed by atoms with Gasteiger partial charge in [-0.3, -0.25) is 0 Å². The van der Waals surface area contributed by atoms with Crippen LogP contribution in [0.25, 0.3) is 0 Å². The van der Waals surface area contributed by atoms with E-state index in [-0.39, 0.29) is 12.6 Å². The van der Waals surface area contributed by atoms with E-state index in [4.69, 9.17) is 5.11 Å². The monoisotopic (exact) mass is 214 g/mol. The van der Waals surface area contributed by atoms with Gasteiger partial charge in [0.1, 0.15) is 0 Å². The van der Waals surface area contributed by atoms with Crippen LogP contribution in [0.3, 0.4) is 0 Å². The lowest BCUT2D eigenvalue weighted by atomic mass is 9.98. The molecular formula is C11H22N2O2. The number of likely N-dealkylation sites (tertiary alicyclic amines) is 1. The van der Waals surface area contributed by atoms with Crippen molar-refractivity contribution in [2.24, 2.45) is 5.92 Å². The summed E-state index contributed by atoms with van der Waals surface area (Å²) >= 11 is 0. The molecule has 1 aliphatic heterocycles. The van der Waals surface area contributed by atoms with E-state index in [2.05, 4.69) is 12.2 Å². The van der Waals surface area contributed by atoms with Crippen LogP contribution in [0.4, 0.5) is 4.79 Å². The van der Waals surface area contributed by atoms with Crippen LogP contribution in [0.2, 0.25) is 0 Å². The standard InChI is InChI=1S/C11H22N2O2/c1-2-3-6-12-11(15)13-7-4-10(9-14)5-8-13/h10,14H,2-9H2,1H3,(H,12,15). The van der Waals surface area contributed by atoms with Gasteiger partial charge in [0, 0.05) is 26.2 Å². The average molecular weight is 214 g/mol. The molecule has 1 fully saturated rings. The molecule has 0 aromatic heterocycles. The Balaban J connectivity index is 2.18. The summed E-state index contributed by atoms with van der Waals surface area (Å²) < 4.78 is 0. The molecule has 1 saturated heterocycles. The number of unbranched alkanes of at least 4 members (excludes halogenated alkanes) is 1. The van der Waals surface area contributed by atoms with Crippen molar-refractivity contribution in [1.29, 1.82) is 0 Å². The smallest absolute Gasteiger partial charge is 0.317 e. The van der Waals surface area contributed by atoms with Crippen LogP contribution in [0.5, 0.6) is 0 Å². The summed E-state index contributed by atoms with van der Waals surface area (Å²) in [5.74, 6) is 0.393. The van der Waals surface area contributed by atoms with Crippen LogP contribution in [-0.4, -0.2) is 42.3 Å². The number of piperidine rings is 1. The molecule has 1 rings (SSSR count). The third-order valence-corrected chi connectivity index (χ3v) is 2.97. The van der Waals surface area contributed by atoms with Gasteiger partial charge in [-0.05, 0) is 25.2 Å². The zero-order valence-corrected chi connectivity index (χ0v) is 9.54. The molecule has 4 nitrogen and oxygen atoms in total. The number of urea groups is 1. The molecule has 2 amide bonds. The van der Waals surface area contributed by atoms with Crippen molar-refractivity contribution in [1.82, 2.24) is 10.2 Å². The van der Waals surface area contributed by atoms with Crippen LogP contribution in [0.1, 0.15) is 32.6 Å². The fraction of sp³-hybridized carbons (Fsp3) is 0.909. The van der Waals surface area contributed by atoms with Gasteiger partial charge in [0.2, 0.25) is 0 Å². The highest BCUT2D eigenvalue weighted by Gasteiger charge is 2.21. The van der Waals surface area contributed by atoms with Gasteiger partial charge >= 0.3 is 6.03 Å². The van der Waals surface area contributed by atoms with Crippen LogP contribution < -0.4 is 5.32 Å². The molecule has 0 spiro atoms. The Morgan fingerprint density at radius 1 is 1.47 bits per heavy atom. The second-order valence-corrected chi connectivity index (χ2v) is 4.20. The summed E-state index contributed by atoms with van der Waals surface area (Å²) in [6.45, 7) is 4.70. The molecule has 88 valence electrons. The first kappa shape index (κ1) is 12.3. The lowest BCUT2D eigenvalue weighted by molar-refractivity contribution is 0.137. The van der Waals surface area contributed by atoms with Gasteiger partial charge in [-0.2, -0.15) is 0 Å². The van der Waals surface area contributed by atoms with Crippen molar-refractivity contribution in [3.05, 3.63) is 0 Å². The number of hydrogen-bond acceptors (Lipinski definition) is 2. The molecule has 0 saturated carbocycles. The summed E-state index contributed by atoms with van der Waals surface area (Å²) in [6.07, 6.45) is 4.00. The molecule has 0 atom stereocenters. The topological polar surface area (TPSA) is 52.6 Å². The number of amides is 2. The van der Waals surface area contributed by atoms with Crippen molar-refractivity contribution in [2.45, 2.75) is 32.6 Å². The van der Waals surface area contributed by atoms with Crippen molar-refractivity contribution in [2.75, 3.05) is 26.2 Å². The molecule has 0 aromatic rings. The molecule has 2 N–H and O–H groups in total. The minimum atomic E-state index is 0.0554. The van der Waals surface area contributed by atoms with Crippen LogP contribution in [-0.2, 0) is 0 Å². The van der Waals surface area contributed by atoms with E-state index in [9.17, 15) is 4.79 Å². The number of nitrogens with one attached hydrogen (secondary N) is 1. The van der Waals surface area contributed by atoms with Crippen LogP contribution >= 0.6 is 0 Å². The Kier molecular flexibility index (Phi) is 5.47. The fourth-order valence-corrected chi connectivity index (χ4v) is 1.80. The second kappa shape index (κ2) is 6.67. The van der Waals surface area contributed by atoms with E-state index in [1.807, 2.05) is 4.90 Å². The maximum absolute atomic E-state index is 11.6. The first-order chi connectivity index (χ1) is 7.27. The number of aliphatic hydroxyl groups is 1. The zero-order valence-electron chi connectivity index (χ0n) is 9.54. The minimum Gasteiger partial charge on any atom is -0.396 e. The third kappa shape index (κ3) is 4.08. The van der Waals surface area contributed by atoms with Crippen LogP contribution in [0, 0.1) is 5.92 Å². The van der Waals surface area contributed by atoms with E-state index >= 15 is 0 Å². The molecule has 15 heavy (non-hydrogen) atoms. The lowest BCUT2D eigenvalue weighted by Crippen LogP contribution is -2.45. The maximum Gasteiger partial charge on any atom is 0.317 e. The molecule has 0 aliphatic carbocycles. The summed E-state index contributed by atoms with van der Waals surface area (Å²) in [6, 6.07) is 0.0554. The molecule has 0 unspecified atom stereocenters. The maximum atomic E-state index is 11.6. The lowest BCUT2D eigenvalue weighted by Gasteiger charge is -2.31. The van der Waals surface area contributed by atoms with E-state index < -0.39 is 0 Å². The summed E-state index contributed by atoms with van der Waals surface area (Å²) in [4.78, 5) is 13.5. The fourth-order valence-electron chi connectivity index (χ4n) is 1.80. The third-order valence-electron chi connectivity index (χ3n) is 2.97. The minimum absolute atomic E-state index is 0.0554. The molecule has 1 heterocycles. The Bertz CT molecular complexity index is 189. The highest BCUT2D eigenvalue weighted by molar-refractivity contribution is 5.74. The van der Waals surface area contributed by atoms with E-state index in [0.29, 0.717) is 5.92 Å². The predicted octanol–water partition coefficient (Wildman–Crippen LogP) is 1.20. The zero-order chi connectivity index (χ0) is 11.1. The molecule has 1 aliphatic rings. The van der Waals surface area contributed by atoms with Gasteiger partial charge in [0.15, 0.2) is 0 Å². The van der Waals surface area contributed by atoms with Crippen LogP contribution in [0.15, 0.2) is 0 Å². The van der Waals surface area contributed by atoms with Crippen molar-refractivity contribution in [3.8, 4) is 0 Å². The quantitative estimate of drug-likeness (QED) is 0.691. The number of hydrogen-bond donors (Lipinski definition) is 2. The highest BCUT2D eigenvalue weighted by atomic mass is 16.3. The van der Waals surface area contributed by atoms with Gasteiger partial charge < -0.3 is 15.3 Å². The van der Waals surface area contributed by atoms with E-state index in [1.165, 1.54) is 0 Å². The van der Waals surface area contributed by atoms with E-state index in [0.717, 1.165) is 45.3 Å². The van der Waals surface area contributed by atoms with Gasteiger partial charge in [-0.25, -0.2) is 4.79 Å². The molecule has 0 bridgehead atoms. The van der Waals surface area contributed by atoms with Gasteiger partial charge in [0.05, 0.1) is 0 Å². The molecular weight excluding hydrogens is 192 g/mol. The van der Waals surface area contributed by atoms with Gasteiger partial charge in [-0.15, -0.1) is 0 Å². The van der Waals surface area contributed by atoms with Crippen molar-refractivity contribution < 1.29 is 9.90 Å². The first-order valence-electron chi connectivity index (χ1n) is 5.91. The number of carbonyl (C=O) groups is 1. The van der Waals surface area contributed by atoms with E-state index in [1.54, 1.807) is 0 Å². The molecule has 0 radical (unpaired) electrons. The van der Waals surface area contributed by atoms with Gasteiger partial charge in [-0.1, -0.05) is 13.3 Å². The Hall–Kier alpha value is -0.770. The average Bonchev–Trinajstić information content (AvgIpc) is 2.29. The normalized spacial score (nSPS) is 17.9. The Morgan fingerprint density at radius 3 is 2.67 bits per heavy atom. The summed E-state index contributed by atoms with van der Waals surface area (Å²) in [5, 5.41) is 11.9.